The van der Waals surface area contributed by atoms with Crippen LogP contribution in [0.25, 0.3) is 0 Å². The molecule has 3 amide bonds. The van der Waals surface area contributed by atoms with Crippen LogP contribution in [-0.4, -0.2) is 30.8 Å². The second kappa shape index (κ2) is 5.97. The van der Waals surface area contributed by atoms with Crippen LogP contribution in [0.15, 0.2) is 11.4 Å². The van der Waals surface area contributed by atoms with Gasteiger partial charge in [0.25, 0.3) is 5.91 Å². The highest BCUT2D eigenvalue weighted by atomic mass is 32.1. The molecule has 0 saturated heterocycles. The topological polar surface area (TPSA) is 127 Å². The third kappa shape index (κ3) is 3.85. The molecule has 92 valence electrons. The van der Waals surface area contributed by atoms with Crippen molar-refractivity contribution in [3.05, 3.63) is 17.0 Å². The van der Waals surface area contributed by atoms with E-state index >= 15 is 0 Å². The van der Waals surface area contributed by atoms with Crippen LogP contribution in [0.5, 0.6) is 0 Å². The van der Waals surface area contributed by atoms with Gasteiger partial charge in [0.1, 0.15) is 5.00 Å². The van der Waals surface area contributed by atoms with Crippen LogP contribution >= 0.6 is 11.3 Å². The minimum Gasteiger partial charge on any atom is -0.366 e. The summed E-state index contributed by atoms with van der Waals surface area (Å²) < 4.78 is 0. The van der Waals surface area contributed by atoms with Gasteiger partial charge in [-0.05, 0) is 11.4 Å². The van der Waals surface area contributed by atoms with Crippen molar-refractivity contribution in [1.82, 2.24) is 5.32 Å². The smallest absolute Gasteiger partial charge is 0.251 e. The lowest BCUT2D eigenvalue weighted by Crippen LogP contribution is -2.36. The van der Waals surface area contributed by atoms with E-state index in [-0.39, 0.29) is 18.7 Å². The lowest BCUT2D eigenvalue weighted by molar-refractivity contribution is -0.123. The molecular formula is C9H12N4O3S. The van der Waals surface area contributed by atoms with Gasteiger partial charge in [-0.15, -0.1) is 11.3 Å². The highest BCUT2D eigenvalue weighted by Gasteiger charge is 2.12. The van der Waals surface area contributed by atoms with E-state index in [0.717, 1.165) is 0 Å². The Bertz CT molecular complexity index is 443. The summed E-state index contributed by atoms with van der Waals surface area (Å²) in [5.74, 6) is -1.49. The number of carbonyl (C=O) groups is 3. The van der Waals surface area contributed by atoms with E-state index in [1.54, 1.807) is 5.38 Å². The molecule has 1 aromatic heterocycles. The van der Waals surface area contributed by atoms with E-state index in [1.165, 1.54) is 17.4 Å². The van der Waals surface area contributed by atoms with Gasteiger partial charge in [-0.25, -0.2) is 0 Å². The van der Waals surface area contributed by atoms with Gasteiger partial charge in [0.15, 0.2) is 0 Å². The molecule has 8 heteroatoms. The minimum atomic E-state index is -0.618. The molecule has 1 aromatic rings. The number of hydrogen-bond acceptors (Lipinski definition) is 5. The van der Waals surface area contributed by atoms with Gasteiger partial charge in [-0.1, -0.05) is 0 Å². The Morgan fingerprint density at radius 2 is 2.00 bits per heavy atom. The van der Waals surface area contributed by atoms with Crippen molar-refractivity contribution < 1.29 is 14.4 Å². The van der Waals surface area contributed by atoms with Crippen molar-refractivity contribution in [2.75, 3.05) is 18.4 Å². The molecule has 1 heterocycles. The number of primary amides is 1. The zero-order valence-corrected chi connectivity index (χ0v) is 9.67. The summed E-state index contributed by atoms with van der Waals surface area (Å²) in [4.78, 5) is 33.2. The van der Waals surface area contributed by atoms with Crippen LogP contribution in [0.3, 0.4) is 0 Å². The minimum absolute atomic E-state index is 0.182. The number of rotatable bonds is 5. The maximum Gasteiger partial charge on any atom is 0.251 e. The Balaban J connectivity index is 2.53. The highest BCUT2D eigenvalue weighted by molar-refractivity contribution is 7.14. The molecule has 17 heavy (non-hydrogen) atoms. The number of hydrogen-bond donors (Lipinski definition) is 4. The number of nitrogens with one attached hydrogen (secondary N) is 2. The number of carbonyl (C=O) groups excluding carboxylic acids is 3. The normalized spacial score (nSPS) is 9.71. The molecule has 7 nitrogen and oxygen atoms in total. The molecule has 0 aliphatic heterocycles. The molecule has 1 rings (SSSR count). The first-order chi connectivity index (χ1) is 8.04. The average Bonchev–Trinajstić information content (AvgIpc) is 2.74. The molecule has 0 aliphatic carbocycles. The summed E-state index contributed by atoms with van der Waals surface area (Å²) in [7, 11) is 0. The maximum atomic E-state index is 11.4. The average molecular weight is 256 g/mol. The molecule has 0 aliphatic rings. The SMILES string of the molecule is NCC(=O)NCC(=O)Nc1sccc1C(N)=O. The molecule has 0 aromatic carbocycles. The number of amides is 3. The fraction of sp³-hybridized carbons (Fsp3) is 0.222. The van der Waals surface area contributed by atoms with Crippen LogP contribution in [0.1, 0.15) is 10.4 Å². The Hall–Kier alpha value is -1.93. The zero-order chi connectivity index (χ0) is 12.8. The first-order valence-electron chi connectivity index (χ1n) is 4.68. The van der Waals surface area contributed by atoms with E-state index < -0.39 is 17.7 Å². The van der Waals surface area contributed by atoms with E-state index in [1.807, 2.05) is 0 Å². The molecule has 0 fully saturated rings. The van der Waals surface area contributed by atoms with Gasteiger partial charge in [0.05, 0.1) is 18.7 Å². The van der Waals surface area contributed by atoms with Crippen molar-refractivity contribution in [2.45, 2.75) is 0 Å². The van der Waals surface area contributed by atoms with E-state index in [2.05, 4.69) is 10.6 Å². The predicted octanol–water partition coefficient (Wildman–Crippen LogP) is -1.14. The summed E-state index contributed by atoms with van der Waals surface area (Å²) in [5.41, 5.74) is 10.4. The molecule has 0 radical (unpaired) electrons. The van der Waals surface area contributed by atoms with Crippen molar-refractivity contribution >= 4 is 34.1 Å². The molecule has 0 saturated carbocycles. The number of thiophene rings is 1. The third-order valence-corrected chi connectivity index (χ3v) is 2.64. The monoisotopic (exact) mass is 256 g/mol. The van der Waals surface area contributed by atoms with Gasteiger partial charge in [-0.3, -0.25) is 14.4 Å². The molecule has 0 unspecified atom stereocenters. The standard InChI is InChI=1S/C9H12N4O3S/c10-3-6(14)12-4-7(15)13-9-5(8(11)16)1-2-17-9/h1-2H,3-4,10H2,(H2,11,16)(H,12,14)(H,13,15). The van der Waals surface area contributed by atoms with Gasteiger partial charge in [0.2, 0.25) is 11.8 Å². The summed E-state index contributed by atoms with van der Waals surface area (Å²) in [5, 5.41) is 6.78. The Morgan fingerprint density at radius 1 is 1.29 bits per heavy atom. The Labute approximate surface area is 101 Å². The lowest BCUT2D eigenvalue weighted by Gasteiger charge is -2.05. The maximum absolute atomic E-state index is 11.4. The third-order valence-electron chi connectivity index (χ3n) is 1.82. The fourth-order valence-corrected chi connectivity index (χ4v) is 1.83. The number of anilines is 1. The fourth-order valence-electron chi connectivity index (χ4n) is 1.02. The second-order valence-electron chi connectivity index (χ2n) is 3.06. The van der Waals surface area contributed by atoms with Crippen molar-refractivity contribution in [2.24, 2.45) is 11.5 Å². The molecular weight excluding hydrogens is 244 g/mol. The van der Waals surface area contributed by atoms with Crippen LogP contribution < -0.4 is 22.1 Å². The lowest BCUT2D eigenvalue weighted by atomic mass is 10.3. The first kappa shape index (κ1) is 13.1. The largest absolute Gasteiger partial charge is 0.366 e. The van der Waals surface area contributed by atoms with Crippen molar-refractivity contribution in [3.8, 4) is 0 Å². The zero-order valence-electron chi connectivity index (χ0n) is 8.86. The van der Waals surface area contributed by atoms with Crippen molar-refractivity contribution in [3.63, 3.8) is 0 Å². The van der Waals surface area contributed by atoms with Gasteiger partial charge >= 0.3 is 0 Å². The number of nitrogens with two attached hydrogens (primary N) is 2. The predicted molar refractivity (Wildman–Crippen MR) is 63.5 cm³/mol. The summed E-state index contributed by atoms with van der Waals surface area (Å²) in [6.07, 6.45) is 0. The van der Waals surface area contributed by atoms with Crippen LogP contribution in [0.4, 0.5) is 5.00 Å². The molecule has 6 N–H and O–H groups in total. The summed E-state index contributed by atoms with van der Waals surface area (Å²) in [6.45, 7) is -0.384. The van der Waals surface area contributed by atoms with Crippen LogP contribution in [0.2, 0.25) is 0 Å². The van der Waals surface area contributed by atoms with Gasteiger partial charge < -0.3 is 22.1 Å². The van der Waals surface area contributed by atoms with Crippen LogP contribution in [0, 0.1) is 0 Å². The van der Waals surface area contributed by atoms with E-state index in [4.69, 9.17) is 11.5 Å². The van der Waals surface area contributed by atoms with Gasteiger partial charge in [-0.2, -0.15) is 0 Å². The Kier molecular flexibility index (Phi) is 4.61. The van der Waals surface area contributed by atoms with Gasteiger partial charge in [0, 0.05) is 0 Å². The molecule has 0 atom stereocenters. The van der Waals surface area contributed by atoms with E-state index in [9.17, 15) is 14.4 Å². The summed E-state index contributed by atoms with van der Waals surface area (Å²) in [6, 6.07) is 1.51. The molecule has 0 bridgehead atoms. The highest BCUT2D eigenvalue weighted by Crippen LogP contribution is 2.22. The summed E-state index contributed by atoms with van der Waals surface area (Å²) >= 11 is 1.18. The quantitative estimate of drug-likeness (QED) is 0.531. The first-order valence-corrected chi connectivity index (χ1v) is 5.56. The second-order valence-corrected chi connectivity index (χ2v) is 3.97. The van der Waals surface area contributed by atoms with Crippen molar-refractivity contribution in [1.29, 1.82) is 0 Å². The molecule has 0 spiro atoms. The van der Waals surface area contributed by atoms with E-state index in [0.29, 0.717) is 5.00 Å². The Morgan fingerprint density at radius 3 is 2.59 bits per heavy atom. The van der Waals surface area contributed by atoms with Crippen LogP contribution in [-0.2, 0) is 9.59 Å².